The first-order valence-corrected chi connectivity index (χ1v) is 7.37. The molecule has 0 aliphatic rings. The number of halogens is 1. The highest BCUT2D eigenvalue weighted by Gasteiger charge is 2.25. The van der Waals surface area contributed by atoms with E-state index >= 15 is 0 Å². The van der Waals surface area contributed by atoms with Crippen LogP contribution in [0.4, 0.5) is 0 Å². The Bertz CT molecular complexity index is 234. The summed E-state index contributed by atoms with van der Waals surface area (Å²) in [6.45, 7) is 10.5. The van der Waals surface area contributed by atoms with Crippen LogP contribution in [0.3, 0.4) is 0 Å². The Morgan fingerprint density at radius 3 is 2.28 bits per heavy atom. The summed E-state index contributed by atoms with van der Waals surface area (Å²) in [6.07, 6.45) is 1.01. The highest BCUT2D eigenvalue weighted by atomic mass is 127. The molecule has 0 fully saturated rings. The fourth-order valence-electron chi connectivity index (χ4n) is 1.64. The van der Waals surface area contributed by atoms with E-state index in [1.807, 2.05) is 11.9 Å². The van der Waals surface area contributed by atoms with Crippen molar-refractivity contribution in [3.8, 4) is 0 Å². The number of carbonyl (C=O) groups excluding carboxylic acids is 1. The zero-order chi connectivity index (χ0) is 14.1. The summed E-state index contributed by atoms with van der Waals surface area (Å²) < 4.78 is 10.4. The molecule has 0 heterocycles. The second kappa shape index (κ2) is 9.97. The van der Waals surface area contributed by atoms with Gasteiger partial charge in [-0.3, -0.25) is 4.90 Å². The van der Waals surface area contributed by atoms with Crippen molar-refractivity contribution in [1.82, 2.24) is 4.90 Å². The average molecular weight is 371 g/mol. The first-order valence-electron chi connectivity index (χ1n) is 6.48. The molecule has 0 aromatic carbocycles. The van der Waals surface area contributed by atoms with Gasteiger partial charge < -0.3 is 7.80 Å². The number of hydrogen-bond acceptors (Lipinski definition) is 4. The summed E-state index contributed by atoms with van der Waals surface area (Å²) in [4.78, 5) is 13.7. The quantitative estimate of drug-likeness (QED) is 0.462. The van der Waals surface area contributed by atoms with Crippen molar-refractivity contribution >= 4 is 29.0 Å². The van der Waals surface area contributed by atoms with E-state index in [0.717, 1.165) is 13.0 Å². The molecular weight excluding hydrogens is 345 g/mol. The van der Waals surface area contributed by atoms with E-state index in [9.17, 15) is 4.79 Å². The Kier molecular flexibility index (Phi) is 10.0. The first-order chi connectivity index (χ1) is 8.38. The molecule has 0 N–H and O–H groups in total. The number of hydrogen-bond donors (Lipinski definition) is 0. The molecule has 0 aromatic rings. The van der Waals surface area contributed by atoms with Crippen molar-refractivity contribution in [3.63, 3.8) is 0 Å². The van der Waals surface area contributed by atoms with Gasteiger partial charge in [0.25, 0.3) is 0 Å². The van der Waals surface area contributed by atoms with Crippen LogP contribution in [0, 0.1) is 11.8 Å². The van der Waals surface area contributed by atoms with Crippen LogP contribution in [0.2, 0.25) is 0 Å². The van der Waals surface area contributed by atoms with Crippen molar-refractivity contribution < 1.29 is 12.6 Å². The number of carbonyl (C=O) groups is 1. The highest BCUT2D eigenvalue weighted by Crippen LogP contribution is 2.08. The third-order valence-electron chi connectivity index (χ3n) is 2.65. The third-order valence-corrected chi connectivity index (χ3v) is 3.08. The summed E-state index contributed by atoms with van der Waals surface area (Å²) in [5.41, 5.74) is 0. The summed E-state index contributed by atoms with van der Waals surface area (Å²) >= 11 is 1.64. The molecule has 5 heteroatoms. The summed E-state index contributed by atoms with van der Waals surface area (Å²) in [5.74, 6) is 0.895. The fraction of sp³-hybridized carbons (Fsp3) is 0.923. The second-order valence-corrected chi connectivity index (χ2v) is 5.94. The molecule has 0 saturated carbocycles. The summed E-state index contributed by atoms with van der Waals surface area (Å²) in [5, 5.41) is 0. The lowest BCUT2D eigenvalue weighted by Gasteiger charge is -2.26. The van der Waals surface area contributed by atoms with Gasteiger partial charge in [-0.1, -0.05) is 27.7 Å². The van der Waals surface area contributed by atoms with E-state index in [0.29, 0.717) is 25.0 Å². The lowest BCUT2D eigenvalue weighted by atomic mass is 10.1. The van der Waals surface area contributed by atoms with Gasteiger partial charge in [0.2, 0.25) is 0 Å². The molecule has 0 aromatic heterocycles. The van der Waals surface area contributed by atoms with Crippen LogP contribution < -0.4 is 0 Å². The zero-order valence-corrected chi connectivity index (χ0v) is 14.3. The molecule has 0 spiro atoms. The largest absolute Gasteiger partial charge is 0.393 e. The molecule has 108 valence electrons. The predicted molar refractivity (Wildman–Crippen MR) is 81.6 cm³/mol. The number of likely N-dealkylation sites (N-methyl/N-ethyl adjacent to an activating group) is 1. The van der Waals surface area contributed by atoms with Crippen LogP contribution in [-0.2, 0) is 12.6 Å². The molecule has 1 unspecified atom stereocenters. The predicted octanol–water partition coefficient (Wildman–Crippen LogP) is 2.90. The maximum Gasteiger partial charge on any atom is 0.335 e. The molecule has 0 saturated heterocycles. The third kappa shape index (κ3) is 8.26. The molecule has 0 rings (SSSR count). The number of rotatable bonds is 9. The highest BCUT2D eigenvalue weighted by molar-refractivity contribution is 14.1. The van der Waals surface area contributed by atoms with Gasteiger partial charge in [0.15, 0.2) is 23.0 Å². The van der Waals surface area contributed by atoms with E-state index < -0.39 is 0 Å². The van der Waals surface area contributed by atoms with Crippen molar-refractivity contribution in [2.24, 2.45) is 11.8 Å². The van der Waals surface area contributed by atoms with Crippen molar-refractivity contribution in [1.29, 1.82) is 0 Å². The Hall–Kier alpha value is 0.120. The minimum Gasteiger partial charge on any atom is -0.393 e. The van der Waals surface area contributed by atoms with Crippen LogP contribution in [0.15, 0.2) is 0 Å². The summed E-state index contributed by atoms with van der Waals surface area (Å²) in [6, 6.07) is -0.309. The molecule has 0 aliphatic carbocycles. The minimum absolute atomic E-state index is 0.233. The lowest BCUT2D eigenvalue weighted by molar-refractivity contribution is -0.139. The smallest absolute Gasteiger partial charge is 0.335 e. The van der Waals surface area contributed by atoms with E-state index in [4.69, 9.17) is 7.80 Å². The minimum atomic E-state index is -0.309. The van der Waals surface area contributed by atoms with Gasteiger partial charge in [-0.05, 0) is 25.3 Å². The monoisotopic (exact) mass is 371 g/mol. The first kappa shape index (κ1) is 18.1. The number of ether oxygens (including phenoxy) is 1. The van der Waals surface area contributed by atoms with Crippen LogP contribution in [0.1, 0.15) is 34.1 Å². The maximum absolute atomic E-state index is 11.7. The molecule has 1 atom stereocenters. The molecule has 4 nitrogen and oxygen atoms in total. The molecule has 0 radical (unpaired) electrons. The van der Waals surface area contributed by atoms with Crippen LogP contribution in [0.25, 0.3) is 0 Å². The van der Waals surface area contributed by atoms with Gasteiger partial charge in [-0.25, -0.2) is 4.79 Å². The zero-order valence-electron chi connectivity index (χ0n) is 12.1. The summed E-state index contributed by atoms with van der Waals surface area (Å²) in [7, 11) is 1.93. The van der Waals surface area contributed by atoms with Crippen molar-refractivity contribution in [2.45, 2.75) is 40.2 Å². The van der Waals surface area contributed by atoms with Gasteiger partial charge in [0.05, 0.1) is 6.61 Å². The molecule has 0 bridgehead atoms. The van der Waals surface area contributed by atoms with Gasteiger partial charge in [0.1, 0.15) is 6.04 Å². The standard InChI is InChI=1S/C13H26INO3/c1-10(2)6-7-17-9-12(13(16)18-14)15(5)8-11(3)4/h10-12H,6-9H2,1-5H3. The molecule has 18 heavy (non-hydrogen) atoms. The number of nitrogens with zero attached hydrogens (tertiary/aromatic N) is 1. The van der Waals surface area contributed by atoms with Crippen LogP contribution in [-0.4, -0.2) is 43.7 Å². The van der Waals surface area contributed by atoms with E-state index in [2.05, 4.69) is 27.7 Å². The van der Waals surface area contributed by atoms with Gasteiger partial charge in [0, 0.05) is 13.2 Å². The topological polar surface area (TPSA) is 38.8 Å². The van der Waals surface area contributed by atoms with Crippen LogP contribution in [0.5, 0.6) is 0 Å². The van der Waals surface area contributed by atoms with Crippen molar-refractivity contribution in [3.05, 3.63) is 0 Å². The Balaban J connectivity index is 4.19. The van der Waals surface area contributed by atoms with E-state index in [-0.39, 0.29) is 12.0 Å². The van der Waals surface area contributed by atoms with E-state index in [1.165, 1.54) is 0 Å². The van der Waals surface area contributed by atoms with E-state index in [1.54, 1.807) is 23.0 Å². The second-order valence-electron chi connectivity index (χ2n) is 5.50. The van der Waals surface area contributed by atoms with Crippen LogP contribution >= 0.6 is 23.0 Å². The van der Waals surface area contributed by atoms with Gasteiger partial charge in [-0.2, -0.15) is 0 Å². The van der Waals surface area contributed by atoms with Gasteiger partial charge >= 0.3 is 5.97 Å². The Morgan fingerprint density at radius 2 is 1.83 bits per heavy atom. The lowest BCUT2D eigenvalue weighted by Crippen LogP contribution is -2.43. The van der Waals surface area contributed by atoms with Gasteiger partial charge in [-0.15, -0.1) is 0 Å². The Morgan fingerprint density at radius 1 is 1.22 bits per heavy atom. The fourth-order valence-corrected chi connectivity index (χ4v) is 1.94. The van der Waals surface area contributed by atoms with Crippen molar-refractivity contribution in [2.75, 3.05) is 26.8 Å². The average Bonchev–Trinajstić information content (AvgIpc) is 2.26. The normalized spacial score (nSPS) is 13.4. The molecule has 0 amide bonds. The SMILES string of the molecule is CC(C)CCOCC(C(=O)OI)N(C)CC(C)C. The molecular formula is C13H26INO3. The maximum atomic E-state index is 11.7. The Labute approximate surface area is 125 Å². The molecule has 0 aliphatic heterocycles.